The molecule has 1 saturated heterocycles. The van der Waals surface area contributed by atoms with E-state index >= 15 is 0 Å². The zero-order valence-electron chi connectivity index (χ0n) is 15.0. The molecule has 0 aliphatic carbocycles. The summed E-state index contributed by atoms with van der Waals surface area (Å²) in [5.74, 6) is -0.483. The normalized spacial score (nSPS) is 17.1. The van der Waals surface area contributed by atoms with Crippen molar-refractivity contribution in [3.8, 4) is 0 Å². The second kappa shape index (κ2) is 6.87. The summed E-state index contributed by atoms with van der Waals surface area (Å²) in [5.41, 5.74) is 0. The summed E-state index contributed by atoms with van der Waals surface area (Å²) < 4.78 is 4.53. The van der Waals surface area contributed by atoms with Crippen LogP contribution in [0.5, 0.6) is 0 Å². The minimum Gasteiger partial charge on any atom is -0.468 e. The van der Waals surface area contributed by atoms with Gasteiger partial charge < -0.3 is 14.5 Å². The van der Waals surface area contributed by atoms with Gasteiger partial charge in [-0.1, -0.05) is 0 Å². The molecule has 11 heteroatoms. The van der Waals surface area contributed by atoms with Gasteiger partial charge in [0.15, 0.2) is 0 Å². The van der Waals surface area contributed by atoms with Crippen molar-refractivity contribution >= 4 is 35.8 Å². The number of methoxy groups -OCH3 is 1. The fraction of sp³-hybridized carbons (Fsp3) is 0.571. The molecule has 1 aromatic heterocycles. The number of nitrogens with zero attached hydrogens (tertiary/aromatic N) is 7. The summed E-state index contributed by atoms with van der Waals surface area (Å²) in [6.45, 7) is 1.09. The molecule has 3 amide bonds. The van der Waals surface area contributed by atoms with E-state index in [-0.39, 0.29) is 5.95 Å². The summed E-state index contributed by atoms with van der Waals surface area (Å²) >= 11 is 0. The first-order valence-corrected chi connectivity index (χ1v) is 7.49. The molecule has 2 rings (SSSR count). The largest absolute Gasteiger partial charge is 0.468 e. The van der Waals surface area contributed by atoms with Crippen LogP contribution in [0.4, 0.5) is 22.6 Å². The Morgan fingerprint density at radius 2 is 1.60 bits per heavy atom. The average molecular weight is 351 g/mol. The highest BCUT2D eigenvalue weighted by Crippen LogP contribution is 2.25. The van der Waals surface area contributed by atoms with Crippen LogP contribution in [0.1, 0.15) is 6.92 Å². The number of hydrogen-bond acceptors (Lipinski definition) is 9. The van der Waals surface area contributed by atoms with Crippen LogP contribution in [-0.2, 0) is 14.3 Å². The van der Waals surface area contributed by atoms with Crippen LogP contribution in [0.25, 0.3) is 0 Å². The van der Waals surface area contributed by atoms with Crippen molar-refractivity contribution < 1.29 is 19.1 Å². The van der Waals surface area contributed by atoms with Crippen molar-refractivity contribution in [3.05, 3.63) is 0 Å². The molecule has 0 N–H and O–H groups in total. The quantitative estimate of drug-likeness (QED) is 0.503. The number of urea groups is 1. The lowest BCUT2D eigenvalue weighted by Crippen LogP contribution is -2.38. The van der Waals surface area contributed by atoms with Crippen LogP contribution in [0.2, 0.25) is 0 Å². The van der Waals surface area contributed by atoms with Gasteiger partial charge in [0.2, 0.25) is 17.8 Å². The first-order chi connectivity index (χ1) is 11.7. The van der Waals surface area contributed by atoms with Gasteiger partial charge in [-0.05, 0) is 6.92 Å². The summed E-state index contributed by atoms with van der Waals surface area (Å²) in [5, 5.41) is 0. The average Bonchev–Trinajstić information content (AvgIpc) is 2.77. The van der Waals surface area contributed by atoms with Gasteiger partial charge in [-0.15, -0.1) is 0 Å². The SMILES string of the molecule is COC(=O)CN1C(=O)[C@@H](C)N(c2nc(N(C)C)nc(N(C)C)n2)C1=O. The smallest absolute Gasteiger partial charge is 0.334 e. The lowest BCUT2D eigenvalue weighted by molar-refractivity contribution is -0.144. The lowest BCUT2D eigenvalue weighted by atomic mass is 10.3. The number of rotatable bonds is 5. The van der Waals surface area contributed by atoms with E-state index in [9.17, 15) is 14.4 Å². The van der Waals surface area contributed by atoms with Gasteiger partial charge in [0, 0.05) is 28.2 Å². The summed E-state index contributed by atoms with van der Waals surface area (Å²) in [6.07, 6.45) is 0. The first kappa shape index (κ1) is 18.4. The molecule has 0 aromatic carbocycles. The Morgan fingerprint density at radius 1 is 1.08 bits per heavy atom. The Kier molecular flexibility index (Phi) is 5.04. The molecular weight excluding hydrogens is 330 g/mol. The Bertz CT molecular complexity index is 680. The van der Waals surface area contributed by atoms with E-state index in [1.165, 1.54) is 7.11 Å². The highest BCUT2D eigenvalue weighted by atomic mass is 16.5. The van der Waals surface area contributed by atoms with Crippen molar-refractivity contribution in [1.82, 2.24) is 19.9 Å². The molecule has 1 aromatic rings. The van der Waals surface area contributed by atoms with Crippen LogP contribution in [-0.4, -0.2) is 85.6 Å². The maximum Gasteiger partial charge on any atom is 0.334 e. The van der Waals surface area contributed by atoms with Crippen molar-refractivity contribution in [3.63, 3.8) is 0 Å². The van der Waals surface area contributed by atoms with Gasteiger partial charge in [0.05, 0.1) is 7.11 Å². The Balaban J connectivity index is 2.45. The van der Waals surface area contributed by atoms with Crippen LogP contribution in [0, 0.1) is 0 Å². The molecule has 1 fully saturated rings. The van der Waals surface area contributed by atoms with E-state index in [0.29, 0.717) is 11.9 Å². The number of imide groups is 1. The topological polar surface area (TPSA) is 112 Å². The molecule has 0 bridgehead atoms. The number of aromatic nitrogens is 3. The van der Waals surface area contributed by atoms with Crippen molar-refractivity contribution in [2.45, 2.75) is 13.0 Å². The Labute approximate surface area is 145 Å². The number of ether oxygens (including phenoxy) is 1. The van der Waals surface area contributed by atoms with Gasteiger partial charge in [-0.2, -0.15) is 15.0 Å². The Hall–Kier alpha value is -2.98. The second-order valence-corrected chi connectivity index (χ2v) is 5.85. The van der Waals surface area contributed by atoms with Gasteiger partial charge in [0.25, 0.3) is 5.91 Å². The van der Waals surface area contributed by atoms with E-state index in [4.69, 9.17) is 0 Å². The molecule has 11 nitrogen and oxygen atoms in total. The molecule has 136 valence electrons. The predicted octanol–water partition coefficient (Wildman–Crippen LogP) is -0.666. The number of carbonyl (C=O) groups excluding carboxylic acids is 3. The molecule has 0 unspecified atom stereocenters. The number of carbonyl (C=O) groups is 3. The lowest BCUT2D eigenvalue weighted by Gasteiger charge is -2.21. The van der Waals surface area contributed by atoms with Crippen LogP contribution < -0.4 is 14.7 Å². The first-order valence-electron chi connectivity index (χ1n) is 7.49. The van der Waals surface area contributed by atoms with Crippen molar-refractivity contribution in [2.75, 3.05) is 56.5 Å². The highest BCUT2D eigenvalue weighted by molar-refractivity contribution is 6.14. The molecule has 1 aliphatic heterocycles. The van der Waals surface area contributed by atoms with Crippen LogP contribution in [0.3, 0.4) is 0 Å². The number of hydrogen-bond donors (Lipinski definition) is 0. The van der Waals surface area contributed by atoms with Gasteiger partial charge in [-0.3, -0.25) is 14.5 Å². The zero-order valence-corrected chi connectivity index (χ0v) is 15.0. The third-order valence-corrected chi connectivity index (χ3v) is 3.58. The maximum atomic E-state index is 12.6. The van der Waals surface area contributed by atoms with E-state index in [2.05, 4.69) is 19.7 Å². The fourth-order valence-electron chi connectivity index (χ4n) is 2.17. The molecule has 0 spiro atoms. The van der Waals surface area contributed by atoms with Crippen molar-refractivity contribution in [1.29, 1.82) is 0 Å². The predicted molar refractivity (Wildman–Crippen MR) is 89.5 cm³/mol. The maximum absolute atomic E-state index is 12.6. The van der Waals surface area contributed by atoms with Crippen molar-refractivity contribution in [2.24, 2.45) is 0 Å². The van der Waals surface area contributed by atoms with E-state index in [0.717, 1.165) is 9.80 Å². The van der Waals surface area contributed by atoms with Gasteiger partial charge in [-0.25, -0.2) is 9.69 Å². The number of esters is 1. The summed E-state index contributed by atoms with van der Waals surface area (Å²) in [6, 6.07) is -1.52. The molecule has 0 radical (unpaired) electrons. The summed E-state index contributed by atoms with van der Waals surface area (Å²) in [7, 11) is 8.20. The van der Waals surface area contributed by atoms with Crippen LogP contribution in [0.15, 0.2) is 0 Å². The molecular formula is C14H21N7O4. The molecule has 0 saturated carbocycles. The molecule has 1 aliphatic rings. The minimum absolute atomic E-state index is 0.0422. The zero-order chi connectivity index (χ0) is 18.9. The second-order valence-electron chi connectivity index (χ2n) is 5.85. The van der Waals surface area contributed by atoms with Crippen LogP contribution >= 0.6 is 0 Å². The third-order valence-electron chi connectivity index (χ3n) is 3.58. The number of amides is 3. The molecule has 25 heavy (non-hydrogen) atoms. The van der Waals surface area contributed by atoms with E-state index in [1.54, 1.807) is 44.9 Å². The van der Waals surface area contributed by atoms with E-state index < -0.39 is 30.5 Å². The van der Waals surface area contributed by atoms with Gasteiger partial charge >= 0.3 is 12.0 Å². The monoisotopic (exact) mass is 351 g/mol. The summed E-state index contributed by atoms with van der Waals surface area (Å²) in [4.78, 5) is 54.5. The van der Waals surface area contributed by atoms with Gasteiger partial charge in [0.1, 0.15) is 12.6 Å². The number of anilines is 3. The highest BCUT2D eigenvalue weighted by Gasteiger charge is 2.46. The Morgan fingerprint density at radius 3 is 2.04 bits per heavy atom. The third kappa shape index (κ3) is 3.44. The fourth-order valence-corrected chi connectivity index (χ4v) is 2.17. The molecule has 1 atom stereocenters. The minimum atomic E-state index is -0.843. The standard InChI is InChI=1S/C14H21N7O4/c1-8-10(23)20(7-9(22)25-6)14(24)21(8)13-16-11(18(2)3)15-12(17-13)19(4)5/h8H,7H2,1-6H3/t8-/m1/s1. The molecule has 2 heterocycles. The van der Waals surface area contributed by atoms with E-state index in [1.807, 2.05) is 0 Å².